The van der Waals surface area contributed by atoms with Crippen LogP contribution < -0.4 is 43.7 Å². The molecule has 0 unspecified atom stereocenters. The molecule has 56 heavy (non-hydrogen) atoms. The van der Waals surface area contributed by atoms with Crippen LogP contribution >= 0.6 is 0 Å². The molecule has 256 valence electrons. The molecular formula is C41H43B13N2. The molecule has 0 saturated carbocycles. The fraction of sp³-hybridized carbons (Fsp3) is 0.0488. The number of aromatic nitrogens is 2. The van der Waals surface area contributed by atoms with Gasteiger partial charge in [0.15, 0.2) is 0 Å². The van der Waals surface area contributed by atoms with Crippen LogP contribution in [0, 0.1) is 0 Å². The minimum absolute atomic E-state index is 0.00152. The molecule has 0 amide bonds. The molecule has 1 aromatic heterocycles. The highest BCUT2D eigenvalue weighted by molar-refractivity contribution is 6.71. The lowest BCUT2D eigenvalue weighted by Crippen LogP contribution is -2.50. The third kappa shape index (κ3) is 5.70. The van der Waals surface area contributed by atoms with Gasteiger partial charge in [-0.05, 0) is 84.4 Å². The van der Waals surface area contributed by atoms with E-state index in [-0.39, 0.29) is 10.3 Å². The van der Waals surface area contributed by atoms with Crippen LogP contribution in [0.4, 0.5) is 0 Å². The van der Waals surface area contributed by atoms with Gasteiger partial charge in [0.2, 0.25) is 0 Å². The predicted octanol–water partition coefficient (Wildman–Crippen LogP) is -8.21. The van der Waals surface area contributed by atoms with Gasteiger partial charge in [0.25, 0.3) is 0 Å². The molecule has 0 spiro atoms. The topological polar surface area (TPSA) is 17.8 Å². The molecule has 0 N–H and O–H groups in total. The zero-order valence-corrected chi connectivity index (χ0v) is 35.7. The average Bonchev–Trinajstić information content (AvgIpc) is 3.60. The van der Waals surface area contributed by atoms with Gasteiger partial charge in [-0.25, -0.2) is 4.98 Å². The van der Waals surface area contributed by atoms with Gasteiger partial charge >= 0.3 is 0 Å². The van der Waals surface area contributed by atoms with E-state index in [4.69, 9.17) is 4.98 Å². The van der Waals surface area contributed by atoms with Gasteiger partial charge in [-0.3, -0.25) is 4.57 Å². The van der Waals surface area contributed by atoms with E-state index >= 15 is 0 Å². The molecule has 7 aromatic carbocycles. The van der Waals surface area contributed by atoms with E-state index in [1.54, 1.807) is 0 Å². The Morgan fingerprint density at radius 3 is 1.38 bits per heavy atom. The summed E-state index contributed by atoms with van der Waals surface area (Å²) in [5.74, 6) is 1.09. The molecule has 15 heteroatoms. The molecule has 0 bridgehead atoms. The summed E-state index contributed by atoms with van der Waals surface area (Å²) in [7, 11) is 30.3. The molecule has 0 radical (unpaired) electrons. The van der Waals surface area contributed by atoms with E-state index in [1.165, 1.54) is 98.6 Å². The second-order valence-electron chi connectivity index (χ2n) is 17.8. The van der Waals surface area contributed by atoms with E-state index in [0.717, 1.165) is 22.5 Å². The highest BCUT2D eigenvalue weighted by Gasteiger charge is 2.38. The van der Waals surface area contributed by atoms with Gasteiger partial charge in [-0.1, -0.05) is 101 Å². The standard InChI is InChI=1S/C41H43B13N2/c42-31-27-25(19-14-16-20(17-15-19)56-24-13-7-6-12-23(24)55-39(56)40(50,51)41(52,53)54)28-30(34(45)38(49)36(47)32(28)43)26(29(27)33(44)37(48)35(31)46)22-11-5-4-10-21(22)18-8-2-1-3-9-18/h1-17H,42-54H2. The summed E-state index contributed by atoms with van der Waals surface area (Å²) in [5.41, 5.74) is 21.9. The maximum absolute atomic E-state index is 5.30. The highest BCUT2D eigenvalue weighted by atomic mass is 15.1. The predicted molar refractivity (Wildman–Crippen MR) is 285 cm³/mol. The lowest BCUT2D eigenvalue weighted by Gasteiger charge is -2.39. The third-order valence-electron chi connectivity index (χ3n) is 14.1. The van der Waals surface area contributed by atoms with Gasteiger partial charge in [-0.15, -0.1) is 27.0 Å². The number of rotatable bonds is 6. The van der Waals surface area contributed by atoms with Crippen LogP contribution in [0.3, 0.4) is 0 Å². The van der Waals surface area contributed by atoms with Crippen LogP contribution in [-0.2, 0) is 5.21 Å². The first-order valence-corrected chi connectivity index (χ1v) is 20.3. The summed E-state index contributed by atoms with van der Waals surface area (Å²) < 4.78 is 2.40. The SMILES string of the molecule is Bc1c(B)c(B)c2c(-c3ccccc3-c3ccccc3)c3c(B)c(B)c(B)c(B)c3c(-c3ccc(-n4c(C(B)(B)C(B)(B)B)nc5ccccc54)cc3)c2c1B. The number of imidazole rings is 1. The summed E-state index contributed by atoms with van der Waals surface area (Å²) in [5, 5.41) is 5.26. The zero-order valence-electron chi connectivity index (χ0n) is 35.7. The van der Waals surface area contributed by atoms with Gasteiger partial charge in [-0.2, -0.15) is 0 Å². The fourth-order valence-corrected chi connectivity index (χ4v) is 9.07. The Kier molecular flexibility index (Phi) is 9.42. The molecule has 0 saturated heterocycles. The van der Waals surface area contributed by atoms with Crippen LogP contribution in [0.15, 0.2) is 103 Å². The van der Waals surface area contributed by atoms with Crippen LogP contribution in [0.5, 0.6) is 0 Å². The van der Waals surface area contributed by atoms with Gasteiger partial charge in [0.1, 0.15) is 84.3 Å². The van der Waals surface area contributed by atoms with E-state index in [0.29, 0.717) is 0 Å². The van der Waals surface area contributed by atoms with Crippen molar-refractivity contribution in [3.8, 4) is 39.1 Å². The molecule has 2 nitrogen and oxygen atoms in total. The Balaban J connectivity index is 1.52. The summed E-state index contributed by atoms with van der Waals surface area (Å²) in [4.78, 5) is 5.30. The molecule has 8 aromatic rings. The van der Waals surface area contributed by atoms with E-state index < -0.39 is 0 Å². The Bertz CT molecular complexity index is 2820. The molecule has 1 heterocycles. The molecular weight excluding hydrogens is 661 g/mol. The van der Waals surface area contributed by atoms with Crippen molar-refractivity contribution in [2.75, 3.05) is 0 Å². The maximum atomic E-state index is 5.30. The zero-order chi connectivity index (χ0) is 40.0. The number of hydrogen-bond acceptors (Lipinski definition) is 1. The lowest BCUT2D eigenvalue weighted by atomic mass is 9.23. The lowest BCUT2D eigenvalue weighted by molar-refractivity contribution is 0.757. The average molecular weight is 704 g/mol. The summed E-state index contributed by atoms with van der Waals surface area (Å²) in [6.07, 6.45) is 0. The van der Waals surface area contributed by atoms with E-state index in [1.807, 2.05) is 0 Å². The van der Waals surface area contributed by atoms with E-state index in [2.05, 4.69) is 210 Å². The second-order valence-corrected chi connectivity index (χ2v) is 17.8. The number of para-hydroxylation sites is 2. The fourth-order valence-electron chi connectivity index (χ4n) is 9.07. The van der Waals surface area contributed by atoms with Crippen molar-refractivity contribution in [1.29, 1.82) is 0 Å². The van der Waals surface area contributed by atoms with Crippen LogP contribution in [0.25, 0.3) is 71.6 Å². The second kappa shape index (κ2) is 13.8. The van der Waals surface area contributed by atoms with Gasteiger partial charge in [0.05, 0.1) is 34.6 Å². The first kappa shape index (κ1) is 38.3. The van der Waals surface area contributed by atoms with Crippen molar-refractivity contribution < 1.29 is 0 Å². The van der Waals surface area contributed by atoms with Gasteiger partial charge < -0.3 is 0 Å². The van der Waals surface area contributed by atoms with Crippen molar-refractivity contribution in [2.45, 2.75) is 10.3 Å². The Labute approximate surface area is 344 Å². The first-order valence-electron chi connectivity index (χ1n) is 20.3. The first-order chi connectivity index (χ1) is 26.6. The van der Waals surface area contributed by atoms with Crippen molar-refractivity contribution in [3.05, 3.63) is 109 Å². The van der Waals surface area contributed by atoms with Crippen molar-refractivity contribution in [3.63, 3.8) is 0 Å². The Morgan fingerprint density at radius 1 is 0.411 bits per heavy atom. The van der Waals surface area contributed by atoms with Crippen LogP contribution in [0.2, 0.25) is 5.11 Å². The van der Waals surface area contributed by atoms with Gasteiger partial charge in [0, 0.05) is 5.69 Å². The highest BCUT2D eigenvalue weighted by Crippen LogP contribution is 2.44. The quantitative estimate of drug-likeness (QED) is 0.125. The molecule has 0 atom stereocenters. The molecule has 0 aliphatic rings. The molecule has 0 aliphatic carbocycles. The summed E-state index contributed by atoms with van der Waals surface area (Å²) >= 11 is 0. The van der Waals surface area contributed by atoms with Crippen molar-refractivity contribution >= 4 is 178 Å². The minimum atomic E-state index is -0.184. The summed E-state index contributed by atoms with van der Waals surface area (Å²) in [6.45, 7) is 0. The smallest absolute Gasteiger partial charge is 0.139 e. The molecule has 8 rings (SSSR count). The monoisotopic (exact) mass is 706 g/mol. The third-order valence-corrected chi connectivity index (χ3v) is 14.1. The van der Waals surface area contributed by atoms with Crippen LogP contribution in [-0.4, -0.2) is 112 Å². The normalized spacial score (nSPS) is 12.1. The number of benzene rings is 7. The van der Waals surface area contributed by atoms with Crippen molar-refractivity contribution in [2.24, 2.45) is 0 Å². The number of hydrogen-bond donors (Lipinski definition) is 0. The minimum Gasteiger partial charge on any atom is -0.297 e. The summed E-state index contributed by atoms with van der Waals surface area (Å²) in [6, 6.07) is 37.9. The molecule has 0 fully saturated rings. The largest absolute Gasteiger partial charge is 0.297 e. The van der Waals surface area contributed by atoms with Crippen LogP contribution in [0.1, 0.15) is 5.82 Å². The Hall–Kier alpha value is -4.63. The number of fused-ring (bicyclic) bond motifs is 3. The van der Waals surface area contributed by atoms with Crippen molar-refractivity contribution in [1.82, 2.24) is 9.55 Å². The maximum Gasteiger partial charge on any atom is 0.139 e. The van der Waals surface area contributed by atoms with E-state index in [9.17, 15) is 0 Å². The number of nitrogens with zero attached hydrogens (tertiary/aromatic N) is 2. The Morgan fingerprint density at radius 2 is 0.857 bits per heavy atom. The molecule has 0 aliphatic heterocycles.